The summed E-state index contributed by atoms with van der Waals surface area (Å²) in [6.07, 6.45) is 3.21. The highest BCUT2D eigenvalue weighted by Crippen LogP contribution is 2.16. The Morgan fingerprint density at radius 2 is 2.27 bits per heavy atom. The number of aryl methyl sites for hydroxylation is 1. The lowest BCUT2D eigenvalue weighted by Crippen LogP contribution is -1.98. The van der Waals surface area contributed by atoms with Gasteiger partial charge in [0.2, 0.25) is 0 Å². The van der Waals surface area contributed by atoms with Gasteiger partial charge in [0, 0.05) is 10.5 Å². The van der Waals surface area contributed by atoms with Crippen LogP contribution in [0.25, 0.3) is 6.08 Å². The summed E-state index contributed by atoms with van der Waals surface area (Å²) in [5, 5.41) is 0. The normalized spacial score (nSPS) is 10.6. The number of hydrogen-bond acceptors (Lipinski definition) is 2. The van der Waals surface area contributed by atoms with Gasteiger partial charge in [-0.25, -0.2) is 4.79 Å². The molecule has 0 aliphatic rings. The lowest BCUT2D eigenvalue weighted by Gasteiger charge is -2.00. The van der Waals surface area contributed by atoms with Crippen LogP contribution in [-0.2, 0) is 9.53 Å². The molecule has 0 saturated heterocycles. The lowest BCUT2D eigenvalue weighted by atomic mass is 10.1. The van der Waals surface area contributed by atoms with Gasteiger partial charge in [0.15, 0.2) is 0 Å². The van der Waals surface area contributed by atoms with Gasteiger partial charge in [-0.05, 0) is 43.2 Å². The molecule has 0 unspecified atom stereocenters. The van der Waals surface area contributed by atoms with Crippen molar-refractivity contribution in [3.05, 3.63) is 39.9 Å². The minimum Gasteiger partial charge on any atom is -0.463 e. The van der Waals surface area contributed by atoms with Gasteiger partial charge in [-0.1, -0.05) is 22.0 Å². The summed E-state index contributed by atoms with van der Waals surface area (Å²) >= 11 is 3.39. The zero-order chi connectivity index (χ0) is 11.3. The summed E-state index contributed by atoms with van der Waals surface area (Å²) in [5.74, 6) is -0.306. The molecule has 3 heteroatoms. The van der Waals surface area contributed by atoms with Gasteiger partial charge in [-0.15, -0.1) is 0 Å². The molecule has 0 bridgehead atoms. The number of rotatable bonds is 3. The third-order valence-electron chi connectivity index (χ3n) is 1.92. The smallest absolute Gasteiger partial charge is 0.330 e. The van der Waals surface area contributed by atoms with Crippen LogP contribution < -0.4 is 0 Å². The average molecular weight is 269 g/mol. The van der Waals surface area contributed by atoms with Crippen LogP contribution in [0.5, 0.6) is 0 Å². The number of benzene rings is 1. The van der Waals surface area contributed by atoms with Gasteiger partial charge in [0.1, 0.15) is 0 Å². The zero-order valence-corrected chi connectivity index (χ0v) is 10.4. The highest BCUT2D eigenvalue weighted by atomic mass is 79.9. The molecule has 0 aliphatic carbocycles. The van der Waals surface area contributed by atoms with Crippen molar-refractivity contribution in [3.8, 4) is 0 Å². The molecular formula is C12H13BrO2. The molecule has 0 saturated carbocycles. The maximum absolute atomic E-state index is 11.1. The molecule has 0 aliphatic heterocycles. The van der Waals surface area contributed by atoms with Crippen molar-refractivity contribution >= 4 is 28.0 Å². The number of halogens is 1. The molecule has 0 aromatic heterocycles. The van der Waals surface area contributed by atoms with E-state index in [1.807, 2.05) is 25.1 Å². The maximum atomic E-state index is 11.1. The second-order valence-corrected chi connectivity index (χ2v) is 4.00. The molecule has 0 amide bonds. The fourth-order valence-corrected chi connectivity index (χ4v) is 1.65. The summed E-state index contributed by atoms with van der Waals surface area (Å²) in [6, 6.07) is 5.90. The van der Waals surface area contributed by atoms with Crippen molar-refractivity contribution in [1.82, 2.24) is 0 Å². The first kappa shape index (κ1) is 12.0. The molecule has 15 heavy (non-hydrogen) atoms. The topological polar surface area (TPSA) is 26.3 Å². The van der Waals surface area contributed by atoms with Gasteiger partial charge in [0.05, 0.1) is 6.61 Å². The van der Waals surface area contributed by atoms with Gasteiger partial charge >= 0.3 is 5.97 Å². The summed E-state index contributed by atoms with van der Waals surface area (Å²) in [5.41, 5.74) is 2.14. The largest absolute Gasteiger partial charge is 0.463 e. The lowest BCUT2D eigenvalue weighted by molar-refractivity contribution is -0.137. The first-order valence-electron chi connectivity index (χ1n) is 4.74. The Morgan fingerprint density at radius 3 is 2.87 bits per heavy atom. The van der Waals surface area contributed by atoms with E-state index in [4.69, 9.17) is 4.74 Å². The van der Waals surface area contributed by atoms with Crippen LogP contribution >= 0.6 is 15.9 Å². The van der Waals surface area contributed by atoms with Gasteiger partial charge in [-0.3, -0.25) is 0 Å². The second kappa shape index (κ2) is 5.71. The monoisotopic (exact) mass is 268 g/mol. The molecule has 1 rings (SSSR count). The SMILES string of the molecule is CCOC(=O)/C=C/c1ccc(Br)cc1C. The van der Waals surface area contributed by atoms with Crippen LogP contribution in [0, 0.1) is 6.92 Å². The van der Waals surface area contributed by atoms with Gasteiger partial charge < -0.3 is 4.74 Å². The molecule has 0 heterocycles. The number of hydrogen-bond donors (Lipinski definition) is 0. The molecule has 0 atom stereocenters. The summed E-state index contributed by atoms with van der Waals surface area (Å²) in [4.78, 5) is 11.1. The number of carbonyl (C=O) groups excluding carboxylic acids is 1. The average Bonchev–Trinajstić information content (AvgIpc) is 2.17. The summed E-state index contributed by atoms with van der Waals surface area (Å²) in [6.45, 7) is 4.19. The minimum atomic E-state index is -0.306. The van der Waals surface area contributed by atoms with E-state index in [0.29, 0.717) is 6.61 Å². The van der Waals surface area contributed by atoms with Crippen molar-refractivity contribution in [3.63, 3.8) is 0 Å². The van der Waals surface area contributed by atoms with Crippen molar-refractivity contribution < 1.29 is 9.53 Å². The molecule has 0 spiro atoms. The van der Waals surface area contributed by atoms with Crippen LogP contribution in [0.15, 0.2) is 28.7 Å². The Kier molecular flexibility index (Phi) is 4.56. The Bertz CT molecular complexity index is 383. The van der Waals surface area contributed by atoms with Crippen LogP contribution in [0.2, 0.25) is 0 Å². The Morgan fingerprint density at radius 1 is 1.53 bits per heavy atom. The molecule has 0 N–H and O–H groups in total. The third-order valence-corrected chi connectivity index (χ3v) is 2.41. The van der Waals surface area contributed by atoms with Crippen LogP contribution in [0.1, 0.15) is 18.1 Å². The standard InChI is InChI=1S/C12H13BrO2/c1-3-15-12(14)7-5-10-4-6-11(13)8-9(10)2/h4-8H,3H2,1-2H3/b7-5+. The predicted molar refractivity (Wildman–Crippen MR) is 64.5 cm³/mol. The minimum absolute atomic E-state index is 0.306. The van der Waals surface area contributed by atoms with Crippen molar-refractivity contribution in [2.24, 2.45) is 0 Å². The highest BCUT2D eigenvalue weighted by Gasteiger charge is 1.97. The first-order valence-corrected chi connectivity index (χ1v) is 5.53. The van der Waals surface area contributed by atoms with Gasteiger partial charge in [-0.2, -0.15) is 0 Å². The molecule has 0 radical (unpaired) electrons. The van der Waals surface area contributed by atoms with E-state index < -0.39 is 0 Å². The van der Waals surface area contributed by atoms with Crippen molar-refractivity contribution in [1.29, 1.82) is 0 Å². The molecule has 80 valence electrons. The maximum Gasteiger partial charge on any atom is 0.330 e. The predicted octanol–water partition coefficient (Wildman–Crippen LogP) is 3.33. The third kappa shape index (κ3) is 3.88. The van der Waals surface area contributed by atoms with E-state index in [9.17, 15) is 4.79 Å². The molecule has 0 fully saturated rings. The van der Waals surface area contributed by atoms with Gasteiger partial charge in [0.25, 0.3) is 0 Å². The molecule has 1 aromatic carbocycles. The fourth-order valence-electron chi connectivity index (χ4n) is 1.17. The van der Waals surface area contributed by atoms with E-state index >= 15 is 0 Å². The van der Waals surface area contributed by atoms with E-state index in [2.05, 4.69) is 15.9 Å². The fraction of sp³-hybridized carbons (Fsp3) is 0.250. The Labute approximate surface area is 98.1 Å². The van der Waals surface area contributed by atoms with E-state index in [0.717, 1.165) is 15.6 Å². The zero-order valence-electron chi connectivity index (χ0n) is 8.79. The molecular weight excluding hydrogens is 256 g/mol. The van der Waals surface area contributed by atoms with E-state index in [1.54, 1.807) is 13.0 Å². The van der Waals surface area contributed by atoms with Crippen LogP contribution in [0.4, 0.5) is 0 Å². The van der Waals surface area contributed by atoms with Crippen molar-refractivity contribution in [2.45, 2.75) is 13.8 Å². The second-order valence-electron chi connectivity index (χ2n) is 3.09. The molecule has 2 nitrogen and oxygen atoms in total. The Balaban J connectivity index is 2.76. The number of esters is 1. The van der Waals surface area contributed by atoms with Crippen molar-refractivity contribution in [2.75, 3.05) is 6.61 Å². The first-order chi connectivity index (χ1) is 7.13. The van der Waals surface area contributed by atoms with Crippen LogP contribution in [0.3, 0.4) is 0 Å². The number of ether oxygens (including phenoxy) is 1. The summed E-state index contributed by atoms with van der Waals surface area (Å²) in [7, 11) is 0. The Hall–Kier alpha value is -1.09. The highest BCUT2D eigenvalue weighted by molar-refractivity contribution is 9.10. The van der Waals surface area contributed by atoms with E-state index in [-0.39, 0.29) is 5.97 Å². The number of carbonyl (C=O) groups is 1. The van der Waals surface area contributed by atoms with Crippen LogP contribution in [-0.4, -0.2) is 12.6 Å². The van der Waals surface area contributed by atoms with E-state index in [1.165, 1.54) is 6.08 Å². The molecule has 1 aromatic rings. The quantitative estimate of drug-likeness (QED) is 0.621. The summed E-state index contributed by atoms with van der Waals surface area (Å²) < 4.78 is 5.83.